The van der Waals surface area contributed by atoms with E-state index in [2.05, 4.69) is 20.2 Å². The summed E-state index contributed by atoms with van der Waals surface area (Å²) in [5.41, 5.74) is 0.923. The molecule has 2 aromatic rings. The van der Waals surface area contributed by atoms with Crippen molar-refractivity contribution in [3.63, 3.8) is 0 Å². The Morgan fingerprint density at radius 2 is 1.93 bits per heavy atom. The summed E-state index contributed by atoms with van der Waals surface area (Å²) in [6.07, 6.45) is 6.78. The monoisotopic (exact) mass is 371 g/mol. The number of nitrogens with zero attached hydrogens (tertiary/aromatic N) is 6. The first-order chi connectivity index (χ1) is 13.2. The largest absolute Gasteiger partial charge is 0.355 e. The zero-order valence-electron chi connectivity index (χ0n) is 16.3. The van der Waals surface area contributed by atoms with E-state index in [4.69, 9.17) is 9.97 Å². The highest BCUT2D eigenvalue weighted by Crippen LogP contribution is 2.35. The molecule has 0 atom stereocenters. The number of aromatic nitrogens is 4. The molecular formula is C19H29N7O. The van der Waals surface area contributed by atoms with Crippen molar-refractivity contribution in [2.75, 3.05) is 44.2 Å². The summed E-state index contributed by atoms with van der Waals surface area (Å²) < 4.78 is 1.85. The maximum Gasteiger partial charge on any atom is 0.234 e. The van der Waals surface area contributed by atoms with E-state index >= 15 is 0 Å². The first-order valence-electron chi connectivity index (χ1n) is 10.1. The number of fused-ring (bicyclic) bond motifs is 1. The van der Waals surface area contributed by atoms with Gasteiger partial charge in [0, 0.05) is 45.7 Å². The van der Waals surface area contributed by atoms with Crippen molar-refractivity contribution in [3.05, 3.63) is 12.0 Å². The molecule has 27 heavy (non-hydrogen) atoms. The van der Waals surface area contributed by atoms with Gasteiger partial charge in [0.05, 0.1) is 18.1 Å². The van der Waals surface area contributed by atoms with Gasteiger partial charge in [0.25, 0.3) is 0 Å². The Morgan fingerprint density at radius 3 is 2.63 bits per heavy atom. The third-order valence-electron chi connectivity index (χ3n) is 5.72. The summed E-state index contributed by atoms with van der Waals surface area (Å²) in [5, 5.41) is 8.32. The van der Waals surface area contributed by atoms with Gasteiger partial charge in [-0.05, 0) is 19.8 Å². The number of likely N-dealkylation sites (N-methyl/N-ethyl adjacent to an activating group) is 1. The zero-order valence-corrected chi connectivity index (χ0v) is 16.3. The second-order valence-electron chi connectivity index (χ2n) is 7.61. The summed E-state index contributed by atoms with van der Waals surface area (Å²) in [7, 11) is 1.95. The van der Waals surface area contributed by atoms with Gasteiger partial charge in [0.15, 0.2) is 5.65 Å². The molecule has 1 aliphatic heterocycles. The topological polar surface area (TPSA) is 79.2 Å². The molecule has 146 valence electrons. The van der Waals surface area contributed by atoms with Crippen LogP contribution in [-0.2, 0) is 11.8 Å². The summed E-state index contributed by atoms with van der Waals surface area (Å²) in [4.78, 5) is 26.2. The van der Waals surface area contributed by atoms with E-state index in [1.807, 2.05) is 24.9 Å². The third kappa shape index (κ3) is 3.76. The number of rotatable bonds is 5. The summed E-state index contributed by atoms with van der Waals surface area (Å²) in [5.74, 6) is 2.56. The second-order valence-corrected chi connectivity index (χ2v) is 7.61. The molecule has 1 saturated heterocycles. The quantitative estimate of drug-likeness (QED) is 0.853. The van der Waals surface area contributed by atoms with Crippen molar-refractivity contribution < 1.29 is 4.79 Å². The predicted molar refractivity (Wildman–Crippen MR) is 105 cm³/mol. The van der Waals surface area contributed by atoms with Crippen LogP contribution < -0.4 is 10.2 Å². The molecule has 0 aromatic carbocycles. The number of hydrogen-bond donors (Lipinski definition) is 1. The zero-order chi connectivity index (χ0) is 18.8. The summed E-state index contributed by atoms with van der Waals surface area (Å²) in [6, 6.07) is 0. The molecule has 1 N–H and O–H groups in total. The lowest BCUT2D eigenvalue weighted by Crippen LogP contribution is -2.49. The standard InChI is InChI=1S/C19H29N7O/c1-3-20-16(27)13-25-8-10-26(11-9-25)19-15-12-21-24(2)18(15)22-17(23-19)14-6-4-5-7-14/h12,14H,3-11,13H2,1-2H3,(H,20,27). The minimum atomic E-state index is 0.103. The highest BCUT2D eigenvalue weighted by atomic mass is 16.2. The lowest BCUT2D eigenvalue weighted by atomic mass is 10.1. The molecule has 0 radical (unpaired) electrons. The second kappa shape index (κ2) is 7.80. The van der Waals surface area contributed by atoms with Crippen LogP contribution in [0.25, 0.3) is 11.0 Å². The maximum atomic E-state index is 11.8. The molecule has 1 saturated carbocycles. The lowest BCUT2D eigenvalue weighted by molar-refractivity contribution is -0.122. The summed E-state index contributed by atoms with van der Waals surface area (Å²) in [6.45, 7) is 6.56. The van der Waals surface area contributed by atoms with Crippen LogP contribution in [0.5, 0.6) is 0 Å². The van der Waals surface area contributed by atoms with Crippen LogP contribution in [0.1, 0.15) is 44.3 Å². The molecule has 2 aliphatic rings. The molecule has 1 aliphatic carbocycles. The molecule has 3 heterocycles. The number of anilines is 1. The molecule has 0 unspecified atom stereocenters. The lowest BCUT2D eigenvalue weighted by Gasteiger charge is -2.35. The Bertz CT molecular complexity index is 804. The third-order valence-corrected chi connectivity index (χ3v) is 5.72. The summed E-state index contributed by atoms with van der Waals surface area (Å²) >= 11 is 0. The maximum absolute atomic E-state index is 11.8. The fraction of sp³-hybridized carbons (Fsp3) is 0.684. The van der Waals surface area contributed by atoms with Gasteiger partial charge in [-0.1, -0.05) is 12.8 Å². The van der Waals surface area contributed by atoms with Crippen molar-refractivity contribution in [1.82, 2.24) is 30.0 Å². The van der Waals surface area contributed by atoms with E-state index in [9.17, 15) is 4.79 Å². The molecule has 0 bridgehead atoms. The first-order valence-corrected chi connectivity index (χ1v) is 10.1. The number of carbonyl (C=O) groups excluding carboxylic acids is 1. The average molecular weight is 371 g/mol. The molecule has 8 nitrogen and oxygen atoms in total. The van der Waals surface area contributed by atoms with Crippen LogP contribution >= 0.6 is 0 Å². The van der Waals surface area contributed by atoms with Crippen LogP contribution in [0.15, 0.2) is 6.20 Å². The predicted octanol–water partition coefficient (Wildman–Crippen LogP) is 1.28. The van der Waals surface area contributed by atoms with E-state index in [0.717, 1.165) is 48.9 Å². The Labute approximate surface area is 159 Å². The molecule has 8 heteroatoms. The van der Waals surface area contributed by atoms with Gasteiger partial charge in [-0.2, -0.15) is 5.10 Å². The van der Waals surface area contributed by atoms with Crippen LogP contribution in [0.2, 0.25) is 0 Å². The smallest absolute Gasteiger partial charge is 0.234 e. The molecule has 2 fully saturated rings. The van der Waals surface area contributed by atoms with Crippen molar-refractivity contribution >= 4 is 22.8 Å². The number of piperazine rings is 1. The number of amides is 1. The number of nitrogens with one attached hydrogen (secondary N) is 1. The van der Waals surface area contributed by atoms with E-state index in [0.29, 0.717) is 19.0 Å². The molecule has 0 spiro atoms. The minimum Gasteiger partial charge on any atom is -0.355 e. The number of aryl methyl sites for hydroxylation is 1. The Kier molecular flexibility index (Phi) is 5.24. The van der Waals surface area contributed by atoms with E-state index in [-0.39, 0.29) is 5.91 Å². The molecular weight excluding hydrogens is 342 g/mol. The molecule has 4 rings (SSSR count). The molecule has 1 amide bonds. The van der Waals surface area contributed by atoms with Gasteiger partial charge in [0.2, 0.25) is 5.91 Å². The van der Waals surface area contributed by atoms with Crippen LogP contribution in [-0.4, -0.2) is 69.8 Å². The highest BCUT2D eigenvalue weighted by Gasteiger charge is 2.26. The fourth-order valence-electron chi connectivity index (χ4n) is 4.21. The SMILES string of the molecule is CCNC(=O)CN1CCN(c2nc(C3CCCC3)nc3c2cnn3C)CC1. The average Bonchev–Trinajstić information content (AvgIpc) is 3.32. The van der Waals surface area contributed by atoms with Crippen molar-refractivity contribution in [3.8, 4) is 0 Å². The van der Waals surface area contributed by atoms with Crippen molar-refractivity contribution in [2.24, 2.45) is 7.05 Å². The van der Waals surface area contributed by atoms with E-state index in [1.165, 1.54) is 25.7 Å². The highest BCUT2D eigenvalue weighted by molar-refractivity contribution is 5.87. The normalized spacial score (nSPS) is 19.1. The number of hydrogen-bond acceptors (Lipinski definition) is 6. The van der Waals surface area contributed by atoms with Crippen LogP contribution in [0, 0.1) is 0 Å². The van der Waals surface area contributed by atoms with Gasteiger partial charge in [-0.15, -0.1) is 0 Å². The van der Waals surface area contributed by atoms with Gasteiger partial charge in [-0.25, -0.2) is 9.97 Å². The van der Waals surface area contributed by atoms with E-state index in [1.54, 1.807) is 0 Å². The van der Waals surface area contributed by atoms with E-state index < -0.39 is 0 Å². The Morgan fingerprint density at radius 1 is 1.19 bits per heavy atom. The Hall–Kier alpha value is -2.22. The van der Waals surface area contributed by atoms with Crippen LogP contribution in [0.4, 0.5) is 5.82 Å². The minimum absolute atomic E-state index is 0.103. The fourth-order valence-corrected chi connectivity index (χ4v) is 4.21. The number of carbonyl (C=O) groups is 1. The van der Waals surface area contributed by atoms with Gasteiger partial charge >= 0.3 is 0 Å². The molecule has 2 aromatic heterocycles. The first kappa shape index (κ1) is 18.2. The van der Waals surface area contributed by atoms with Crippen LogP contribution in [0.3, 0.4) is 0 Å². The Balaban J connectivity index is 1.54. The van der Waals surface area contributed by atoms with Crippen molar-refractivity contribution in [1.29, 1.82) is 0 Å². The van der Waals surface area contributed by atoms with Gasteiger partial charge in [0.1, 0.15) is 11.6 Å². The van der Waals surface area contributed by atoms with Gasteiger partial charge in [-0.3, -0.25) is 14.4 Å². The van der Waals surface area contributed by atoms with Gasteiger partial charge < -0.3 is 10.2 Å². The van der Waals surface area contributed by atoms with Crippen molar-refractivity contribution in [2.45, 2.75) is 38.5 Å².